The van der Waals surface area contributed by atoms with E-state index < -0.39 is 0 Å². The van der Waals surface area contributed by atoms with E-state index in [0.29, 0.717) is 10.8 Å². The highest BCUT2D eigenvalue weighted by molar-refractivity contribution is 7.14. The Balaban J connectivity index is 1.33. The maximum absolute atomic E-state index is 12.4. The van der Waals surface area contributed by atoms with Gasteiger partial charge in [-0.3, -0.25) is 19.4 Å². The fourth-order valence-electron chi connectivity index (χ4n) is 4.19. The van der Waals surface area contributed by atoms with E-state index in [-0.39, 0.29) is 11.8 Å². The highest BCUT2D eigenvalue weighted by Gasteiger charge is 2.17. The summed E-state index contributed by atoms with van der Waals surface area (Å²) in [6.45, 7) is 7.08. The summed E-state index contributed by atoms with van der Waals surface area (Å²) in [4.78, 5) is 33.2. The topological polar surface area (TPSA) is 65.5 Å². The van der Waals surface area contributed by atoms with Crippen molar-refractivity contribution >= 4 is 45.7 Å². The van der Waals surface area contributed by atoms with Crippen LogP contribution in [-0.4, -0.2) is 34.8 Å². The molecular weight excluding hydrogens is 444 g/mol. The van der Waals surface area contributed by atoms with Gasteiger partial charge in [-0.05, 0) is 61.2 Å². The number of hydrogen-bond donors (Lipinski definition) is 1. The smallest absolute Gasteiger partial charge is 0.248 e. The Morgan fingerprint density at radius 1 is 1.18 bits per heavy atom. The van der Waals surface area contributed by atoms with Crippen molar-refractivity contribution in [3.8, 4) is 0 Å². The van der Waals surface area contributed by atoms with Gasteiger partial charge in [0.15, 0.2) is 5.13 Å². The number of amides is 2. The third-order valence-electron chi connectivity index (χ3n) is 5.80. The second-order valence-electron chi connectivity index (χ2n) is 8.75. The SMILES string of the molecule is CC(=O)N(c1ccccc1)c1nc(/C=C/C(=O)Nc2ccc(CN3CCCC(C)C3)cc2)cs1. The molecule has 1 N–H and O–H groups in total. The van der Waals surface area contributed by atoms with Crippen LogP contribution in [0.25, 0.3) is 6.08 Å². The van der Waals surface area contributed by atoms with E-state index in [1.54, 1.807) is 11.0 Å². The first-order valence-corrected chi connectivity index (χ1v) is 12.5. The van der Waals surface area contributed by atoms with Crippen molar-refractivity contribution in [2.24, 2.45) is 5.92 Å². The zero-order chi connectivity index (χ0) is 23.9. The van der Waals surface area contributed by atoms with Crippen molar-refractivity contribution in [3.05, 3.63) is 77.3 Å². The van der Waals surface area contributed by atoms with Crippen LogP contribution < -0.4 is 10.2 Å². The third-order valence-corrected chi connectivity index (χ3v) is 6.65. The molecule has 2 amide bonds. The van der Waals surface area contributed by atoms with Gasteiger partial charge in [0, 0.05) is 37.2 Å². The monoisotopic (exact) mass is 474 g/mol. The molecule has 4 rings (SSSR count). The maximum Gasteiger partial charge on any atom is 0.248 e. The molecule has 1 atom stereocenters. The lowest BCUT2D eigenvalue weighted by Crippen LogP contribution is -2.33. The lowest BCUT2D eigenvalue weighted by Gasteiger charge is -2.30. The number of hydrogen-bond acceptors (Lipinski definition) is 5. The molecule has 1 unspecified atom stereocenters. The summed E-state index contributed by atoms with van der Waals surface area (Å²) in [7, 11) is 0. The average Bonchev–Trinajstić information content (AvgIpc) is 3.28. The number of nitrogens with one attached hydrogen (secondary N) is 1. The highest BCUT2D eigenvalue weighted by Crippen LogP contribution is 2.29. The molecule has 7 heteroatoms. The number of anilines is 3. The van der Waals surface area contributed by atoms with E-state index in [9.17, 15) is 9.59 Å². The molecule has 3 aromatic rings. The van der Waals surface area contributed by atoms with Crippen LogP contribution in [0.1, 0.15) is 37.9 Å². The van der Waals surface area contributed by atoms with E-state index in [2.05, 4.69) is 34.3 Å². The van der Waals surface area contributed by atoms with Crippen LogP contribution in [0.4, 0.5) is 16.5 Å². The molecule has 2 aromatic carbocycles. The van der Waals surface area contributed by atoms with Gasteiger partial charge in [0.2, 0.25) is 11.8 Å². The second-order valence-corrected chi connectivity index (χ2v) is 9.58. The molecule has 2 heterocycles. The molecule has 1 aliphatic rings. The molecule has 1 aliphatic heterocycles. The van der Waals surface area contributed by atoms with Crippen LogP contribution in [0.3, 0.4) is 0 Å². The molecule has 34 heavy (non-hydrogen) atoms. The number of benzene rings is 2. The van der Waals surface area contributed by atoms with Crippen molar-refractivity contribution in [1.82, 2.24) is 9.88 Å². The molecule has 0 saturated carbocycles. The summed E-state index contributed by atoms with van der Waals surface area (Å²) in [5.74, 6) is 0.419. The minimum atomic E-state index is -0.223. The molecule has 0 aliphatic carbocycles. The molecule has 0 spiro atoms. The summed E-state index contributed by atoms with van der Waals surface area (Å²) >= 11 is 1.36. The number of piperidine rings is 1. The average molecular weight is 475 g/mol. The normalized spacial score (nSPS) is 16.5. The predicted octanol–water partition coefficient (Wildman–Crippen LogP) is 5.71. The molecule has 1 saturated heterocycles. The Morgan fingerprint density at radius 2 is 1.94 bits per heavy atom. The van der Waals surface area contributed by atoms with Gasteiger partial charge in [0.05, 0.1) is 11.4 Å². The quantitative estimate of drug-likeness (QED) is 0.445. The first-order valence-electron chi connectivity index (χ1n) is 11.6. The molecular formula is C27H30N4O2S. The van der Waals surface area contributed by atoms with E-state index >= 15 is 0 Å². The van der Waals surface area contributed by atoms with Gasteiger partial charge in [0.1, 0.15) is 0 Å². The van der Waals surface area contributed by atoms with Gasteiger partial charge in [-0.2, -0.15) is 0 Å². The van der Waals surface area contributed by atoms with Crippen molar-refractivity contribution in [2.45, 2.75) is 33.2 Å². The first kappa shape index (κ1) is 23.9. The Morgan fingerprint density at radius 3 is 2.65 bits per heavy atom. The van der Waals surface area contributed by atoms with Crippen molar-refractivity contribution in [1.29, 1.82) is 0 Å². The van der Waals surface area contributed by atoms with Gasteiger partial charge >= 0.3 is 0 Å². The van der Waals surface area contributed by atoms with Crippen LogP contribution in [0, 0.1) is 5.92 Å². The van der Waals surface area contributed by atoms with Gasteiger partial charge in [-0.25, -0.2) is 4.98 Å². The molecule has 0 bridgehead atoms. The number of carbonyl (C=O) groups is 2. The van der Waals surface area contributed by atoms with Gasteiger partial charge in [0.25, 0.3) is 0 Å². The molecule has 6 nitrogen and oxygen atoms in total. The van der Waals surface area contributed by atoms with Crippen LogP contribution in [0.2, 0.25) is 0 Å². The Kier molecular flexibility index (Phi) is 7.87. The molecule has 1 fully saturated rings. The fourth-order valence-corrected chi connectivity index (χ4v) is 5.04. The predicted molar refractivity (Wildman–Crippen MR) is 139 cm³/mol. The van der Waals surface area contributed by atoms with Gasteiger partial charge < -0.3 is 5.32 Å². The molecule has 0 radical (unpaired) electrons. The zero-order valence-electron chi connectivity index (χ0n) is 19.6. The van der Waals surface area contributed by atoms with Crippen LogP contribution in [0.5, 0.6) is 0 Å². The summed E-state index contributed by atoms with van der Waals surface area (Å²) in [6, 6.07) is 17.4. The van der Waals surface area contributed by atoms with E-state index in [1.807, 2.05) is 47.8 Å². The van der Waals surface area contributed by atoms with E-state index in [1.165, 1.54) is 42.7 Å². The lowest BCUT2D eigenvalue weighted by molar-refractivity contribution is -0.116. The number of thiazole rings is 1. The first-order chi connectivity index (χ1) is 16.5. The summed E-state index contributed by atoms with van der Waals surface area (Å²) in [6.07, 6.45) is 5.70. The Hall–Kier alpha value is -3.29. The lowest BCUT2D eigenvalue weighted by atomic mass is 10.00. The van der Waals surface area contributed by atoms with Crippen molar-refractivity contribution in [3.63, 3.8) is 0 Å². The van der Waals surface area contributed by atoms with E-state index in [0.717, 1.165) is 36.9 Å². The number of carbonyl (C=O) groups excluding carboxylic acids is 2. The fraction of sp³-hybridized carbons (Fsp3) is 0.296. The summed E-state index contributed by atoms with van der Waals surface area (Å²) in [5, 5.41) is 5.29. The van der Waals surface area contributed by atoms with Crippen LogP contribution in [-0.2, 0) is 16.1 Å². The number of rotatable bonds is 7. The number of para-hydroxylation sites is 1. The largest absolute Gasteiger partial charge is 0.323 e. The Labute approximate surface area is 204 Å². The third kappa shape index (κ3) is 6.40. The number of likely N-dealkylation sites (tertiary alicyclic amines) is 1. The van der Waals surface area contributed by atoms with E-state index in [4.69, 9.17) is 0 Å². The van der Waals surface area contributed by atoms with Crippen molar-refractivity contribution in [2.75, 3.05) is 23.3 Å². The number of nitrogens with zero attached hydrogens (tertiary/aromatic N) is 3. The summed E-state index contributed by atoms with van der Waals surface area (Å²) in [5.41, 5.74) is 3.40. The Bertz CT molecular complexity index is 1140. The maximum atomic E-state index is 12.4. The molecule has 176 valence electrons. The molecule has 1 aromatic heterocycles. The second kappa shape index (κ2) is 11.2. The van der Waals surface area contributed by atoms with Gasteiger partial charge in [-0.1, -0.05) is 37.3 Å². The van der Waals surface area contributed by atoms with Crippen LogP contribution in [0.15, 0.2) is 66.1 Å². The van der Waals surface area contributed by atoms with Gasteiger partial charge in [-0.15, -0.1) is 11.3 Å². The standard InChI is InChI=1S/C27H30N4O2S/c1-20-7-6-16-30(17-20)18-22-10-12-23(13-11-22)28-26(33)15-14-24-19-34-27(29-24)31(21(2)32)25-8-4-3-5-9-25/h3-5,8-15,19-20H,6-7,16-18H2,1-2H3,(H,28,33)/b15-14+. The minimum absolute atomic E-state index is 0.118. The summed E-state index contributed by atoms with van der Waals surface area (Å²) < 4.78 is 0. The minimum Gasteiger partial charge on any atom is -0.323 e. The van der Waals surface area contributed by atoms with Crippen molar-refractivity contribution < 1.29 is 9.59 Å². The zero-order valence-corrected chi connectivity index (χ0v) is 20.4. The number of aromatic nitrogens is 1. The highest BCUT2D eigenvalue weighted by atomic mass is 32.1. The van der Waals surface area contributed by atoms with Crippen LogP contribution >= 0.6 is 11.3 Å².